The minimum absolute atomic E-state index is 0.947. The third-order valence-corrected chi connectivity index (χ3v) is 5.56. The van der Waals surface area contributed by atoms with Crippen LogP contribution < -0.4 is 0 Å². The molecule has 132 valence electrons. The summed E-state index contributed by atoms with van der Waals surface area (Å²) < 4.78 is 0. The molecule has 0 aliphatic carbocycles. The Hall–Kier alpha value is -3.64. The molecule has 0 saturated carbocycles. The molecule has 0 fully saturated rings. The van der Waals surface area contributed by atoms with E-state index < -0.39 is 0 Å². The van der Waals surface area contributed by atoms with Gasteiger partial charge in [-0.3, -0.25) is 0 Å². The first kappa shape index (κ1) is 16.5. The van der Waals surface area contributed by atoms with E-state index in [9.17, 15) is 0 Å². The first-order chi connectivity index (χ1) is 13.7. The van der Waals surface area contributed by atoms with Crippen LogP contribution in [0.5, 0.6) is 0 Å². The van der Waals surface area contributed by atoms with Crippen molar-refractivity contribution in [2.45, 2.75) is 0 Å². The van der Waals surface area contributed by atoms with Gasteiger partial charge in [0.05, 0.1) is 0 Å². The predicted octanol–water partition coefficient (Wildman–Crippen LogP) is 8.01. The molecule has 0 aliphatic rings. The van der Waals surface area contributed by atoms with Crippen LogP contribution >= 0.6 is 0 Å². The zero-order valence-electron chi connectivity index (χ0n) is 15.7. The van der Waals surface area contributed by atoms with Crippen LogP contribution in [0.1, 0.15) is 5.56 Å². The summed E-state index contributed by atoms with van der Waals surface area (Å²) in [6.07, 6.45) is 1.80. The third kappa shape index (κ3) is 2.62. The molecule has 0 N–H and O–H groups in total. The van der Waals surface area contributed by atoms with E-state index >= 15 is 0 Å². The topological polar surface area (TPSA) is 0 Å². The largest absolute Gasteiger partial charge is 0.0985 e. The Balaban J connectivity index is 1.74. The second-order valence-corrected chi connectivity index (χ2v) is 7.19. The molecule has 0 amide bonds. The number of hydrogen-bond acceptors (Lipinski definition) is 0. The molecule has 0 unspecified atom stereocenters. The van der Waals surface area contributed by atoms with Crippen molar-refractivity contribution in [2.75, 3.05) is 0 Å². The number of benzene rings is 5. The van der Waals surface area contributed by atoms with Gasteiger partial charge in [-0.15, -0.1) is 0 Å². The summed E-state index contributed by atoms with van der Waals surface area (Å²) in [6.45, 7) is 7.85. The van der Waals surface area contributed by atoms with Crippen molar-refractivity contribution in [3.05, 3.63) is 116 Å². The molecule has 0 heteroatoms. The van der Waals surface area contributed by atoms with Gasteiger partial charge in [0.25, 0.3) is 0 Å². The Labute approximate surface area is 165 Å². The van der Waals surface area contributed by atoms with E-state index in [4.69, 9.17) is 0 Å². The first-order valence-electron chi connectivity index (χ1n) is 9.51. The predicted molar refractivity (Wildman–Crippen MR) is 124 cm³/mol. The smallest absolute Gasteiger partial charge is 0.00988 e. The number of fused-ring (bicyclic) bond motifs is 4. The van der Waals surface area contributed by atoms with Gasteiger partial charge in [0.1, 0.15) is 0 Å². The SMILES string of the molecule is C=CC(=C)c1ccc(-c2cccc3c2ccc2cc4ccccc4cc23)cc1. The first-order valence-corrected chi connectivity index (χ1v) is 9.51. The van der Waals surface area contributed by atoms with Crippen molar-refractivity contribution in [3.8, 4) is 11.1 Å². The third-order valence-electron chi connectivity index (χ3n) is 5.56. The van der Waals surface area contributed by atoms with Crippen LogP contribution in [0.3, 0.4) is 0 Å². The molecule has 0 bridgehead atoms. The van der Waals surface area contributed by atoms with Crippen molar-refractivity contribution in [2.24, 2.45) is 0 Å². The highest BCUT2D eigenvalue weighted by Gasteiger charge is 2.08. The number of rotatable bonds is 3. The Kier molecular flexibility index (Phi) is 3.84. The average Bonchev–Trinajstić information content (AvgIpc) is 2.76. The van der Waals surface area contributed by atoms with Crippen molar-refractivity contribution >= 4 is 37.9 Å². The maximum absolute atomic E-state index is 4.04. The van der Waals surface area contributed by atoms with Gasteiger partial charge < -0.3 is 0 Å². The van der Waals surface area contributed by atoms with Crippen molar-refractivity contribution < 1.29 is 0 Å². The van der Waals surface area contributed by atoms with E-state index in [1.54, 1.807) is 6.08 Å². The fourth-order valence-electron chi connectivity index (χ4n) is 4.02. The minimum Gasteiger partial charge on any atom is -0.0985 e. The molecular weight excluding hydrogens is 336 g/mol. The van der Waals surface area contributed by atoms with Gasteiger partial charge >= 0.3 is 0 Å². The van der Waals surface area contributed by atoms with E-state index in [1.807, 2.05) is 0 Å². The maximum Gasteiger partial charge on any atom is -0.00988 e. The van der Waals surface area contributed by atoms with Gasteiger partial charge in [-0.1, -0.05) is 98.1 Å². The fraction of sp³-hybridized carbons (Fsp3) is 0. The second-order valence-electron chi connectivity index (χ2n) is 7.19. The molecule has 0 atom stereocenters. The highest BCUT2D eigenvalue weighted by Crippen LogP contribution is 2.35. The van der Waals surface area contributed by atoms with E-state index in [2.05, 4.69) is 104 Å². The summed E-state index contributed by atoms with van der Waals surface area (Å²) >= 11 is 0. The van der Waals surface area contributed by atoms with Gasteiger partial charge in [0, 0.05) is 0 Å². The maximum atomic E-state index is 4.04. The highest BCUT2D eigenvalue weighted by molar-refractivity contribution is 6.15. The molecule has 0 saturated heterocycles. The van der Waals surface area contributed by atoms with Gasteiger partial charge in [-0.25, -0.2) is 0 Å². The standard InChI is InChI=1S/C28H20/c1-3-19(2)20-11-13-21(14-12-20)25-9-6-10-26-27(25)16-15-24-17-22-7-4-5-8-23(22)18-28(24)26/h3-18H,1-2H2. The van der Waals surface area contributed by atoms with E-state index in [0.717, 1.165) is 11.1 Å². The summed E-state index contributed by atoms with van der Waals surface area (Å²) in [5.74, 6) is 0. The average molecular weight is 356 g/mol. The molecule has 0 aliphatic heterocycles. The summed E-state index contributed by atoms with van der Waals surface area (Å²) in [7, 11) is 0. The molecule has 5 aromatic rings. The van der Waals surface area contributed by atoms with Crippen molar-refractivity contribution in [1.82, 2.24) is 0 Å². The minimum atomic E-state index is 0.947. The van der Waals surface area contributed by atoms with E-state index in [0.29, 0.717) is 0 Å². The molecule has 0 nitrogen and oxygen atoms in total. The quantitative estimate of drug-likeness (QED) is 0.174. The van der Waals surface area contributed by atoms with Gasteiger partial charge in [0.15, 0.2) is 0 Å². The van der Waals surface area contributed by atoms with Gasteiger partial charge in [0.2, 0.25) is 0 Å². The fourth-order valence-corrected chi connectivity index (χ4v) is 4.02. The zero-order valence-corrected chi connectivity index (χ0v) is 15.7. The van der Waals surface area contributed by atoms with Crippen molar-refractivity contribution in [1.29, 1.82) is 0 Å². The van der Waals surface area contributed by atoms with E-state index in [-0.39, 0.29) is 0 Å². The summed E-state index contributed by atoms with van der Waals surface area (Å²) in [6, 6.07) is 32.8. The van der Waals surface area contributed by atoms with Crippen LogP contribution in [-0.4, -0.2) is 0 Å². The molecule has 5 rings (SSSR count). The molecular formula is C28H20. The Morgan fingerprint density at radius 1 is 0.607 bits per heavy atom. The lowest BCUT2D eigenvalue weighted by molar-refractivity contribution is 1.61. The lowest BCUT2D eigenvalue weighted by Crippen LogP contribution is -1.85. The Morgan fingerprint density at radius 3 is 2.11 bits per heavy atom. The summed E-state index contributed by atoms with van der Waals surface area (Å²) in [5, 5.41) is 7.71. The van der Waals surface area contributed by atoms with Crippen LogP contribution in [0.15, 0.2) is 110 Å². The second kappa shape index (κ2) is 6.51. The normalized spacial score (nSPS) is 11.1. The van der Waals surface area contributed by atoms with E-state index in [1.165, 1.54) is 43.4 Å². The highest BCUT2D eigenvalue weighted by atomic mass is 14.1. The van der Waals surface area contributed by atoms with Gasteiger partial charge in [-0.2, -0.15) is 0 Å². The monoisotopic (exact) mass is 356 g/mol. The molecule has 0 radical (unpaired) electrons. The van der Waals surface area contributed by atoms with Crippen LogP contribution in [0.2, 0.25) is 0 Å². The van der Waals surface area contributed by atoms with Crippen LogP contribution in [-0.2, 0) is 0 Å². The summed E-state index contributed by atoms with van der Waals surface area (Å²) in [4.78, 5) is 0. The lowest BCUT2D eigenvalue weighted by atomic mass is 9.93. The van der Waals surface area contributed by atoms with Gasteiger partial charge in [-0.05, 0) is 66.7 Å². The van der Waals surface area contributed by atoms with Crippen molar-refractivity contribution in [3.63, 3.8) is 0 Å². The van der Waals surface area contributed by atoms with Crippen LogP contribution in [0.25, 0.3) is 49.0 Å². The molecule has 5 aromatic carbocycles. The molecule has 0 heterocycles. The Morgan fingerprint density at radius 2 is 1.36 bits per heavy atom. The Bertz CT molecular complexity index is 1370. The molecule has 28 heavy (non-hydrogen) atoms. The molecule has 0 spiro atoms. The molecule has 0 aromatic heterocycles. The lowest BCUT2D eigenvalue weighted by Gasteiger charge is -2.11. The zero-order chi connectivity index (χ0) is 19.1. The number of hydrogen-bond donors (Lipinski definition) is 0. The van der Waals surface area contributed by atoms with Crippen LogP contribution in [0, 0.1) is 0 Å². The summed E-state index contributed by atoms with van der Waals surface area (Å²) in [5.41, 5.74) is 4.52. The van der Waals surface area contributed by atoms with Crippen LogP contribution in [0.4, 0.5) is 0 Å². The number of allylic oxidation sites excluding steroid dienone is 2.